The molecule has 0 heterocycles. The van der Waals surface area contributed by atoms with Gasteiger partial charge in [-0.05, 0) is 256 Å². The average molecular weight is 1540 g/mol. The van der Waals surface area contributed by atoms with Crippen molar-refractivity contribution in [3.05, 3.63) is 448 Å². The maximum absolute atomic E-state index is 18.5. The van der Waals surface area contributed by atoms with Crippen LogP contribution in [0.5, 0.6) is 5.75 Å². The van der Waals surface area contributed by atoms with Crippen molar-refractivity contribution in [2.75, 3.05) is 0 Å². The van der Waals surface area contributed by atoms with E-state index in [9.17, 15) is 9.29 Å². The van der Waals surface area contributed by atoms with Crippen LogP contribution < -0.4 is 0 Å². The molecule has 0 aliphatic carbocycles. The Morgan fingerprint density at radius 3 is 0.563 bits per heavy atom. The van der Waals surface area contributed by atoms with Crippen LogP contribution in [0, 0.1) is 0 Å². The molecule has 0 saturated carbocycles. The predicted molar refractivity (Wildman–Crippen MR) is 502 cm³/mol. The van der Waals surface area contributed by atoms with Gasteiger partial charge in [-0.25, -0.2) is 4.79 Å². The zero-order valence-corrected chi connectivity index (χ0v) is 65.6. The van der Waals surface area contributed by atoms with Crippen LogP contribution >= 0.6 is 10.3 Å². The summed E-state index contributed by atoms with van der Waals surface area (Å²) >= 11 is 0. The number of carbonyl (C=O) groups is 1. The van der Waals surface area contributed by atoms with E-state index in [1.54, 1.807) is 18.2 Å². The van der Waals surface area contributed by atoms with Gasteiger partial charge < -0.3 is 9.29 Å². The normalized spacial score (nSPS) is 11.9. The molecule has 1 N–H and O–H groups in total. The Morgan fingerprint density at radius 1 is 0.185 bits per heavy atom. The number of hydrogen-bond donors (Lipinski definition) is 1. The molecule has 4 heteroatoms. The van der Waals surface area contributed by atoms with Gasteiger partial charge in [-0.3, -0.25) is 0 Å². The fraction of sp³-hybridized carbons (Fsp3) is 0. The first-order valence-electron chi connectivity index (χ1n) is 40.6. The highest BCUT2D eigenvalue weighted by Gasteiger charge is 2.49. The van der Waals surface area contributed by atoms with Crippen LogP contribution in [0.4, 0.5) is 0 Å². The average Bonchev–Trinajstić information content (AvgIpc) is 0.680. The van der Waals surface area contributed by atoms with Crippen molar-refractivity contribution >= 4 is 113 Å². The Labute approximate surface area is 691 Å². The van der Waals surface area contributed by atoms with E-state index in [4.69, 9.17) is 0 Å². The molecular formula is C115H74O3S. The Morgan fingerprint density at radius 2 is 0.353 bits per heavy atom. The van der Waals surface area contributed by atoms with Crippen LogP contribution in [-0.4, -0.2) is 11.1 Å². The van der Waals surface area contributed by atoms with Crippen LogP contribution in [0.2, 0.25) is 0 Å². The third kappa shape index (κ3) is 11.9. The highest BCUT2D eigenvalue weighted by molar-refractivity contribution is 8.30. The van der Waals surface area contributed by atoms with Gasteiger partial charge in [-0.2, -0.15) is 0 Å². The summed E-state index contributed by atoms with van der Waals surface area (Å²) in [6.45, 7) is 0. The third-order valence-electron chi connectivity index (χ3n) is 24.2. The number of carbonyl (C=O) groups excluding carboxylic acids is 1. The van der Waals surface area contributed by atoms with Crippen LogP contribution in [0.1, 0.15) is 10.4 Å². The molecule has 0 fully saturated rings. The SMILES string of the molecule is O=C(OS(c1c(-c2cccc3ccccc23)cc(-c2cccc3ccccc23)cc1-c1cccc2ccccc12)(c1c(-c2cccc3ccccc23)cc(-c2cccc3ccccc23)cc1-c1cccc2ccccc12)c1c(-c2cccc3ccccc23)cc(-c2cccc3ccccc23)cc1-c1cccc2ccccc12)c1ccccc1O. The molecule has 0 aliphatic rings. The van der Waals surface area contributed by atoms with Crippen molar-refractivity contribution < 1.29 is 14.1 Å². The Kier molecular flexibility index (Phi) is 17.3. The smallest absolute Gasteiger partial charge is 0.353 e. The first kappa shape index (κ1) is 70.4. The number of aromatic hydroxyl groups is 1. The predicted octanol–water partition coefficient (Wildman–Crippen LogP) is 31.8. The number of rotatable bonds is 14. The maximum Gasteiger partial charge on any atom is 0.353 e. The second-order valence-corrected chi connectivity index (χ2v) is 33.4. The van der Waals surface area contributed by atoms with E-state index in [0.717, 1.165) is 212 Å². The summed E-state index contributed by atoms with van der Waals surface area (Å²) in [5.74, 6) is -0.939. The maximum atomic E-state index is 18.5. The van der Waals surface area contributed by atoms with Gasteiger partial charge in [0.1, 0.15) is 11.3 Å². The van der Waals surface area contributed by atoms with E-state index >= 15 is 4.79 Å². The molecule has 22 aromatic rings. The third-order valence-corrected chi connectivity index (χ3v) is 27.7. The summed E-state index contributed by atoms with van der Waals surface area (Å²) in [5.41, 5.74) is 16.6. The van der Waals surface area contributed by atoms with Crippen LogP contribution in [-0.2, 0) is 4.18 Å². The molecule has 0 spiro atoms. The minimum Gasteiger partial charge on any atom is -0.507 e. The van der Waals surface area contributed by atoms with E-state index < -0.39 is 16.3 Å². The summed E-state index contributed by atoms with van der Waals surface area (Å²) in [6, 6.07) is 160. The van der Waals surface area contributed by atoms with Gasteiger partial charge in [0.15, 0.2) is 0 Å². The Balaban J connectivity index is 1.10. The minimum atomic E-state index is -4.27. The van der Waals surface area contributed by atoms with E-state index in [0.29, 0.717) is 0 Å². The molecule has 22 rings (SSSR count). The first-order valence-corrected chi connectivity index (χ1v) is 42.2. The number of para-hydroxylation sites is 1. The van der Waals surface area contributed by atoms with E-state index in [2.05, 4.69) is 419 Å². The molecule has 0 aromatic heterocycles. The lowest BCUT2D eigenvalue weighted by Crippen LogP contribution is -2.19. The van der Waals surface area contributed by atoms with Crippen molar-refractivity contribution in [1.82, 2.24) is 0 Å². The van der Waals surface area contributed by atoms with Crippen LogP contribution in [0.25, 0.3) is 197 Å². The lowest BCUT2D eigenvalue weighted by Gasteiger charge is -2.47. The number of benzene rings is 22. The van der Waals surface area contributed by atoms with Crippen molar-refractivity contribution in [3.8, 4) is 106 Å². The first-order chi connectivity index (χ1) is 58.9. The molecular weight excluding hydrogens is 1460 g/mol. The van der Waals surface area contributed by atoms with E-state index in [-0.39, 0.29) is 11.3 Å². The van der Waals surface area contributed by atoms with Crippen molar-refractivity contribution in [2.24, 2.45) is 0 Å². The van der Waals surface area contributed by atoms with Crippen molar-refractivity contribution in [3.63, 3.8) is 0 Å². The fourth-order valence-electron chi connectivity index (χ4n) is 18.9. The summed E-state index contributed by atoms with van der Waals surface area (Å²) in [7, 11) is -4.27. The molecule has 0 saturated heterocycles. The molecule has 0 atom stereocenters. The number of phenols is 1. The molecule has 0 aliphatic heterocycles. The minimum absolute atomic E-state index is 0.00627. The molecule has 0 amide bonds. The highest BCUT2D eigenvalue weighted by Crippen LogP contribution is 2.80. The molecule has 119 heavy (non-hydrogen) atoms. The second-order valence-electron chi connectivity index (χ2n) is 30.9. The monoisotopic (exact) mass is 1530 g/mol. The van der Waals surface area contributed by atoms with Crippen molar-refractivity contribution in [2.45, 2.75) is 14.7 Å². The zero-order valence-electron chi connectivity index (χ0n) is 64.8. The summed E-state index contributed by atoms with van der Waals surface area (Å²) in [4.78, 5) is 20.8. The Bertz CT molecular complexity index is 6870. The standard InChI is InChI=1S/C115H74O3S/c116-111-67-20-19-57-104(111)115(117)118-119(112-105(98-61-24-42-77-33-4-13-51-89(77)98)68-83(95-58-21-39-74-30-1-10-48-86(74)95)69-106(112)99-62-25-43-78-34-5-14-52-90(78)99,113-107(100-63-26-44-79-35-6-15-53-91(79)100)70-84(96-59-22-40-75-31-2-11-49-87(75)96)71-108(113)101-64-27-45-80-36-7-16-54-92(80)101)114-109(102-65-28-46-81-37-8-17-55-93(81)102)72-85(97-60-23-41-76-32-3-12-50-88(76)97)73-110(114)103-66-29-47-82-38-9-18-56-94(82)103/h1-73,116H. The van der Waals surface area contributed by atoms with E-state index in [1.807, 2.05) is 6.07 Å². The second kappa shape index (κ2) is 29.3. The quantitative estimate of drug-likeness (QED) is 0.118. The molecule has 0 radical (unpaired) electrons. The van der Waals surface area contributed by atoms with Gasteiger partial charge in [0, 0.05) is 14.7 Å². The van der Waals surface area contributed by atoms with Gasteiger partial charge in [-0.15, -0.1) is 0 Å². The summed E-state index contributed by atoms with van der Waals surface area (Å²) in [5, 5.41) is 31.8. The van der Waals surface area contributed by atoms with Crippen molar-refractivity contribution in [1.29, 1.82) is 0 Å². The summed E-state index contributed by atoms with van der Waals surface area (Å²) in [6.07, 6.45) is 0. The highest BCUT2D eigenvalue weighted by atomic mass is 32.3. The number of phenolic OH excluding ortho intramolecular Hbond substituents is 1. The topological polar surface area (TPSA) is 46.5 Å². The lowest BCUT2D eigenvalue weighted by atomic mass is 9.88. The number of fused-ring (bicyclic) bond motifs is 9. The largest absolute Gasteiger partial charge is 0.507 e. The molecule has 22 aromatic carbocycles. The van der Waals surface area contributed by atoms with Gasteiger partial charge >= 0.3 is 5.97 Å². The van der Waals surface area contributed by atoms with Gasteiger partial charge in [0.05, 0.1) is 0 Å². The van der Waals surface area contributed by atoms with Crippen LogP contribution in [0.15, 0.2) is 458 Å². The molecule has 558 valence electrons. The summed E-state index contributed by atoms with van der Waals surface area (Å²) < 4.78 is 9.24. The fourth-order valence-corrected chi connectivity index (χ4v) is 23.0. The van der Waals surface area contributed by atoms with Gasteiger partial charge in [-0.1, -0.05) is 394 Å². The molecule has 3 nitrogen and oxygen atoms in total. The van der Waals surface area contributed by atoms with Gasteiger partial charge in [0.25, 0.3) is 0 Å². The van der Waals surface area contributed by atoms with Gasteiger partial charge in [0.2, 0.25) is 0 Å². The van der Waals surface area contributed by atoms with Crippen LogP contribution in [0.3, 0.4) is 0 Å². The zero-order chi connectivity index (χ0) is 79.1. The molecule has 0 bridgehead atoms. The lowest BCUT2D eigenvalue weighted by molar-refractivity contribution is 0.0754. The van der Waals surface area contributed by atoms with E-state index in [1.165, 1.54) is 0 Å². The number of hydrogen-bond acceptors (Lipinski definition) is 3. The molecule has 0 unspecified atom stereocenters. The Hall–Kier alpha value is -15.2.